The molecule has 0 fully saturated rings. The van der Waals surface area contributed by atoms with Gasteiger partial charge in [-0.25, -0.2) is 4.98 Å². The number of aromatic nitrogens is 2. The Labute approximate surface area is 116 Å². The van der Waals surface area contributed by atoms with Crippen molar-refractivity contribution in [1.82, 2.24) is 9.97 Å². The van der Waals surface area contributed by atoms with Crippen molar-refractivity contribution in [2.24, 2.45) is 0 Å². The van der Waals surface area contributed by atoms with Crippen molar-refractivity contribution in [1.29, 1.82) is 5.26 Å². The number of fused-ring (bicyclic) bond motifs is 1. The quantitative estimate of drug-likeness (QED) is 0.727. The monoisotopic (exact) mass is 261 g/mol. The Morgan fingerprint density at radius 2 is 1.90 bits per heavy atom. The molecular weight excluding hydrogens is 250 g/mol. The minimum absolute atomic E-state index is 0.315. The molecule has 0 spiro atoms. The number of nitriles is 1. The van der Waals surface area contributed by atoms with E-state index in [2.05, 4.69) is 16.0 Å². The highest BCUT2D eigenvalue weighted by atomic mass is 16.5. The zero-order valence-corrected chi connectivity index (χ0v) is 10.7. The Morgan fingerprint density at radius 3 is 2.80 bits per heavy atom. The lowest BCUT2D eigenvalue weighted by molar-refractivity contribution is 0.306. The maximum Gasteiger partial charge on any atom is 0.147 e. The highest BCUT2D eigenvalue weighted by Crippen LogP contribution is 2.20. The van der Waals surface area contributed by atoms with Gasteiger partial charge in [-0.05, 0) is 24.3 Å². The van der Waals surface area contributed by atoms with Crippen LogP contribution >= 0.6 is 0 Å². The molecule has 0 radical (unpaired) electrons. The summed E-state index contributed by atoms with van der Waals surface area (Å²) in [4.78, 5) is 8.29. The minimum atomic E-state index is 0.315. The maximum absolute atomic E-state index is 8.98. The maximum atomic E-state index is 8.98. The third-order valence-electron chi connectivity index (χ3n) is 2.97. The Balaban J connectivity index is 1.82. The summed E-state index contributed by atoms with van der Waals surface area (Å²) in [6, 6.07) is 15.3. The highest BCUT2D eigenvalue weighted by molar-refractivity contribution is 5.79. The predicted octanol–water partition coefficient (Wildman–Crippen LogP) is 3.08. The van der Waals surface area contributed by atoms with Crippen LogP contribution in [0.2, 0.25) is 0 Å². The van der Waals surface area contributed by atoms with E-state index in [1.54, 1.807) is 18.5 Å². The summed E-state index contributed by atoms with van der Waals surface area (Å²) < 4.78 is 5.71. The molecule has 1 aromatic carbocycles. The molecule has 0 N–H and O–H groups in total. The first kappa shape index (κ1) is 12.1. The predicted molar refractivity (Wildman–Crippen MR) is 75.0 cm³/mol. The normalized spacial score (nSPS) is 10.2. The van der Waals surface area contributed by atoms with Crippen molar-refractivity contribution >= 4 is 10.9 Å². The molecule has 20 heavy (non-hydrogen) atoms. The molecule has 2 heterocycles. The number of benzene rings is 1. The smallest absolute Gasteiger partial charge is 0.147 e. The molecule has 4 nitrogen and oxygen atoms in total. The number of hydrogen-bond donors (Lipinski definition) is 0. The lowest BCUT2D eigenvalue weighted by atomic mass is 10.2. The fraction of sp³-hybridized carbons (Fsp3) is 0.0625. The van der Waals surface area contributed by atoms with Crippen molar-refractivity contribution in [3.63, 3.8) is 0 Å². The molecule has 0 atom stereocenters. The molecule has 0 unspecified atom stereocenters. The van der Waals surface area contributed by atoms with E-state index >= 15 is 0 Å². The van der Waals surface area contributed by atoms with Crippen LogP contribution in [0.25, 0.3) is 10.9 Å². The van der Waals surface area contributed by atoms with Crippen LogP contribution in [0.4, 0.5) is 0 Å². The fourth-order valence-corrected chi connectivity index (χ4v) is 1.95. The van der Waals surface area contributed by atoms with Gasteiger partial charge in [-0.15, -0.1) is 0 Å². The summed E-state index contributed by atoms with van der Waals surface area (Å²) in [5, 5.41) is 10.0. The van der Waals surface area contributed by atoms with Gasteiger partial charge in [0.25, 0.3) is 0 Å². The second kappa shape index (κ2) is 5.37. The van der Waals surface area contributed by atoms with Gasteiger partial charge in [-0.3, -0.25) is 4.98 Å². The number of nitrogens with zero attached hydrogens (tertiary/aromatic N) is 3. The van der Waals surface area contributed by atoms with Crippen molar-refractivity contribution in [3.8, 4) is 11.8 Å². The van der Waals surface area contributed by atoms with Crippen molar-refractivity contribution in [3.05, 3.63) is 66.1 Å². The molecule has 2 aromatic heterocycles. The van der Waals surface area contributed by atoms with Gasteiger partial charge in [0.15, 0.2) is 0 Å². The van der Waals surface area contributed by atoms with Crippen LogP contribution in [0.15, 0.2) is 54.9 Å². The van der Waals surface area contributed by atoms with Crippen LogP contribution in [-0.2, 0) is 6.61 Å². The summed E-state index contributed by atoms with van der Waals surface area (Å²) in [6.07, 6.45) is 3.35. The summed E-state index contributed by atoms with van der Waals surface area (Å²) in [5.74, 6) is 0.726. The highest BCUT2D eigenvalue weighted by Gasteiger charge is 2.04. The average molecular weight is 261 g/mol. The Hall–Kier alpha value is -2.93. The van der Waals surface area contributed by atoms with Crippen LogP contribution in [0.5, 0.6) is 5.75 Å². The van der Waals surface area contributed by atoms with E-state index in [1.807, 2.05) is 36.4 Å². The zero-order chi connectivity index (χ0) is 13.8. The van der Waals surface area contributed by atoms with E-state index in [0.29, 0.717) is 12.3 Å². The second-order valence-electron chi connectivity index (χ2n) is 4.27. The molecule has 4 heteroatoms. The molecule has 0 aliphatic heterocycles. The lowest BCUT2D eigenvalue weighted by Crippen LogP contribution is -1.99. The van der Waals surface area contributed by atoms with Crippen LogP contribution in [0, 0.1) is 11.3 Å². The molecule has 3 aromatic rings. The Kier molecular flexibility index (Phi) is 3.25. The summed E-state index contributed by atoms with van der Waals surface area (Å²) in [6.45, 7) is 0.315. The topological polar surface area (TPSA) is 58.8 Å². The summed E-state index contributed by atoms with van der Waals surface area (Å²) in [5.41, 5.74) is 2.05. The van der Waals surface area contributed by atoms with Gasteiger partial charge >= 0.3 is 0 Å². The zero-order valence-electron chi connectivity index (χ0n) is 10.7. The van der Waals surface area contributed by atoms with Crippen LogP contribution < -0.4 is 4.74 Å². The Bertz CT molecular complexity index is 793. The van der Waals surface area contributed by atoms with E-state index < -0.39 is 0 Å². The molecule has 0 amide bonds. The van der Waals surface area contributed by atoms with E-state index in [1.165, 1.54) is 0 Å². The number of rotatable bonds is 3. The van der Waals surface area contributed by atoms with Gasteiger partial charge in [-0.2, -0.15) is 5.26 Å². The SMILES string of the molecule is N#Cc1ncccc1COc1ccc2cccnc2c1. The van der Waals surface area contributed by atoms with Gasteiger partial charge in [-0.1, -0.05) is 12.1 Å². The molecule has 0 saturated carbocycles. The fourth-order valence-electron chi connectivity index (χ4n) is 1.95. The standard InChI is InChI=1S/C16H11N3O/c17-10-16-13(4-2-8-19-16)11-20-14-6-5-12-3-1-7-18-15(12)9-14/h1-9H,11H2. The van der Waals surface area contributed by atoms with Crippen molar-refractivity contribution < 1.29 is 4.74 Å². The van der Waals surface area contributed by atoms with E-state index in [4.69, 9.17) is 10.00 Å². The third kappa shape index (κ3) is 2.43. The Morgan fingerprint density at radius 1 is 1.05 bits per heavy atom. The van der Waals surface area contributed by atoms with Gasteiger partial charge in [0.1, 0.15) is 24.1 Å². The summed E-state index contributed by atoms with van der Waals surface area (Å²) in [7, 11) is 0. The van der Waals surface area contributed by atoms with E-state index in [9.17, 15) is 0 Å². The van der Waals surface area contributed by atoms with Gasteiger partial charge < -0.3 is 4.74 Å². The molecule has 3 rings (SSSR count). The van der Waals surface area contributed by atoms with Gasteiger partial charge in [0.2, 0.25) is 0 Å². The average Bonchev–Trinajstić information content (AvgIpc) is 2.53. The number of ether oxygens (including phenoxy) is 1. The van der Waals surface area contributed by atoms with Crippen molar-refractivity contribution in [2.75, 3.05) is 0 Å². The van der Waals surface area contributed by atoms with Crippen LogP contribution in [0.3, 0.4) is 0 Å². The van der Waals surface area contributed by atoms with Crippen LogP contribution in [-0.4, -0.2) is 9.97 Å². The molecule has 96 valence electrons. The molecule has 0 aliphatic rings. The van der Waals surface area contributed by atoms with Gasteiger partial charge in [0.05, 0.1) is 5.52 Å². The van der Waals surface area contributed by atoms with Gasteiger partial charge in [0, 0.05) is 29.4 Å². The molecule has 0 saturated heterocycles. The van der Waals surface area contributed by atoms with E-state index in [0.717, 1.165) is 22.2 Å². The minimum Gasteiger partial charge on any atom is -0.489 e. The molecule has 0 aliphatic carbocycles. The van der Waals surface area contributed by atoms with E-state index in [-0.39, 0.29) is 0 Å². The first-order valence-electron chi connectivity index (χ1n) is 6.18. The molecule has 0 bridgehead atoms. The summed E-state index contributed by atoms with van der Waals surface area (Å²) >= 11 is 0. The first-order valence-corrected chi connectivity index (χ1v) is 6.18. The largest absolute Gasteiger partial charge is 0.489 e. The number of hydrogen-bond acceptors (Lipinski definition) is 4. The van der Waals surface area contributed by atoms with Crippen molar-refractivity contribution in [2.45, 2.75) is 6.61 Å². The second-order valence-corrected chi connectivity index (χ2v) is 4.27. The number of pyridine rings is 2. The molecular formula is C16H11N3O. The first-order chi connectivity index (χ1) is 9.86. The third-order valence-corrected chi connectivity index (χ3v) is 2.97. The lowest BCUT2D eigenvalue weighted by Gasteiger charge is -2.07. The van der Waals surface area contributed by atoms with Crippen LogP contribution in [0.1, 0.15) is 11.3 Å².